The standard InChI is InChI=1S/C15H13Cl3FN/c1-2-20-15(10-7-6-9(16)8-13(10)19)11-4-3-5-12(17)14(11)18/h3-8,15,20H,2H2,1H3. The van der Waals surface area contributed by atoms with Gasteiger partial charge in [-0.3, -0.25) is 0 Å². The van der Waals surface area contributed by atoms with E-state index in [0.717, 1.165) is 5.56 Å². The molecule has 2 aromatic carbocycles. The van der Waals surface area contributed by atoms with E-state index < -0.39 is 0 Å². The van der Waals surface area contributed by atoms with Crippen LogP contribution in [0.2, 0.25) is 15.1 Å². The summed E-state index contributed by atoms with van der Waals surface area (Å²) in [5.74, 6) is -0.375. The fourth-order valence-corrected chi connectivity index (χ4v) is 2.65. The highest BCUT2D eigenvalue weighted by atomic mass is 35.5. The molecule has 1 N–H and O–H groups in total. The number of halogens is 4. The highest BCUT2D eigenvalue weighted by Gasteiger charge is 2.20. The van der Waals surface area contributed by atoms with Crippen LogP contribution in [0.3, 0.4) is 0 Å². The van der Waals surface area contributed by atoms with E-state index in [2.05, 4.69) is 5.32 Å². The second-order valence-corrected chi connectivity index (χ2v) is 5.52. The number of hydrogen-bond donors (Lipinski definition) is 1. The second-order valence-electron chi connectivity index (χ2n) is 4.30. The van der Waals surface area contributed by atoms with E-state index in [1.54, 1.807) is 24.3 Å². The molecule has 0 bridgehead atoms. The van der Waals surface area contributed by atoms with Gasteiger partial charge in [0.25, 0.3) is 0 Å². The summed E-state index contributed by atoms with van der Waals surface area (Å²) in [5, 5.41) is 4.45. The van der Waals surface area contributed by atoms with E-state index in [1.165, 1.54) is 6.07 Å². The Morgan fingerprint density at radius 2 is 1.85 bits per heavy atom. The van der Waals surface area contributed by atoms with Gasteiger partial charge in [0.05, 0.1) is 16.1 Å². The number of hydrogen-bond acceptors (Lipinski definition) is 1. The Labute approximate surface area is 132 Å². The van der Waals surface area contributed by atoms with Crippen LogP contribution in [0.1, 0.15) is 24.1 Å². The summed E-state index contributed by atoms with van der Waals surface area (Å²) in [5.41, 5.74) is 1.22. The second kappa shape index (κ2) is 6.77. The molecule has 0 aliphatic carbocycles. The molecule has 0 heterocycles. The molecule has 0 aromatic heterocycles. The third-order valence-corrected chi connectivity index (χ3v) is 4.04. The Morgan fingerprint density at radius 1 is 1.10 bits per heavy atom. The maximum Gasteiger partial charge on any atom is 0.129 e. The van der Waals surface area contributed by atoms with Gasteiger partial charge in [-0.2, -0.15) is 0 Å². The smallest absolute Gasteiger partial charge is 0.129 e. The van der Waals surface area contributed by atoms with Gasteiger partial charge in [0.15, 0.2) is 0 Å². The van der Waals surface area contributed by atoms with Gasteiger partial charge >= 0.3 is 0 Å². The van der Waals surface area contributed by atoms with Crippen molar-refractivity contribution in [1.29, 1.82) is 0 Å². The molecule has 20 heavy (non-hydrogen) atoms. The topological polar surface area (TPSA) is 12.0 Å². The lowest BCUT2D eigenvalue weighted by Crippen LogP contribution is -2.23. The van der Waals surface area contributed by atoms with Crippen molar-refractivity contribution in [3.05, 3.63) is 68.4 Å². The van der Waals surface area contributed by atoms with Crippen molar-refractivity contribution in [2.75, 3.05) is 6.54 Å². The van der Waals surface area contributed by atoms with Crippen molar-refractivity contribution in [2.24, 2.45) is 0 Å². The van der Waals surface area contributed by atoms with Gasteiger partial charge in [-0.1, -0.05) is 59.9 Å². The van der Waals surface area contributed by atoms with Crippen LogP contribution < -0.4 is 5.32 Å². The van der Waals surface area contributed by atoms with E-state index in [9.17, 15) is 4.39 Å². The average molecular weight is 333 g/mol. The van der Waals surface area contributed by atoms with Crippen LogP contribution >= 0.6 is 34.8 Å². The van der Waals surface area contributed by atoms with Gasteiger partial charge in [0.1, 0.15) is 5.82 Å². The first kappa shape index (κ1) is 15.6. The third kappa shape index (κ3) is 3.26. The van der Waals surface area contributed by atoms with Crippen molar-refractivity contribution in [3.63, 3.8) is 0 Å². The summed E-state index contributed by atoms with van der Waals surface area (Å²) in [4.78, 5) is 0. The average Bonchev–Trinajstić information content (AvgIpc) is 2.40. The largest absolute Gasteiger partial charge is 0.306 e. The molecule has 0 aliphatic rings. The minimum Gasteiger partial charge on any atom is -0.306 e. The summed E-state index contributed by atoms with van der Waals surface area (Å²) in [7, 11) is 0. The van der Waals surface area contributed by atoms with E-state index in [0.29, 0.717) is 27.2 Å². The molecular formula is C15H13Cl3FN. The first-order valence-electron chi connectivity index (χ1n) is 6.16. The highest BCUT2D eigenvalue weighted by molar-refractivity contribution is 6.42. The van der Waals surface area contributed by atoms with Crippen LogP contribution in [0.25, 0.3) is 0 Å². The van der Waals surface area contributed by atoms with Gasteiger partial charge in [-0.05, 0) is 30.3 Å². The third-order valence-electron chi connectivity index (χ3n) is 2.97. The van der Waals surface area contributed by atoms with Crippen molar-refractivity contribution in [3.8, 4) is 0 Å². The monoisotopic (exact) mass is 331 g/mol. The zero-order valence-corrected chi connectivity index (χ0v) is 13.0. The van der Waals surface area contributed by atoms with Crippen LogP contribution in [0, 0.1) is 5.82 Å². The molecule has 1 nitrogen and oxygen atoms in total. The summed E-state index contributed by atoms with van der Waals surface area (Å²) in [6.07, 6.45) is 0. The fourth-order valence-electron chi connectivity index (χ4n) is 2.07. The molecule has 1 atom stereocenters. The molecule has 0 radical (unpaired) electrons. The Kier molecular flexibility index (Phi) is 5.28. The first-order valence-corrected chi connectivity index (χ1v) is 7.30. The molecular weight excluding hydrogens is 320 g/mol. The van der Waals surface area contributed by atoms with Crippen molar-refractivity contribution >= 4 is 34.8 Å². The summed E-state index contributed by atoms with van der Waals surface area (Å²) < 4.78 is 14.1. The van der Waals surface area contributed by atoms with E-state index in [-0.39, 0.29) is 11.9 Å². The lowest BCUT2D eigenvalue weighted by molar-refractivity contribution is 0.559. The predicted octanol–water partition coefficient (Wildman–Crippen LogP) is 5.48. The van der Waals surface area contributed by atoms with Gasteiger partial charge in [0, 0.05) is 10.6 Å². The van der Waals surface area contributed by atoms with E-state index in [4.69, 9.17) is 34.8 Å². The zero-order valence-electron chi connectivity index (χ0n) is 10.8. The van der Waals surface area contributed by atoms with Crippen LogP contribution in [0.5, 0.6) is 0 Å². The molecule has 5 heteroatoms. The first-order chi connectivity index (χ1) is 9.54. The molecule has 1 unspecified atom stereocenters. The van der Waals surface area contributed by atoms with Gasteiger partial charge in [-0.25, -0.2) is 4.39 Å². The van der Waals surface area contributed by atoms with Crippen molar-refractivity contribution < 1.29 is 4.39 Å². The van der Waals surface area contributed by atoms with Crippen molar-refractivity contribution in [2.45, 2.75) is 13.0 Å². The molecule has 0 spiro atoms. The Balaban J connectivity index is 2.53. The summed E-state index contributed by atoms with van der Waals surface area (Å²) >= 11 is 18.1. The maximum atomic E-state index is 14.1. The van der Waals surface area contributed by atoms with Gasteiger partial charge < -0.3 is 5.32 Å². The normalized spacial score (nSPS) is 12.4. The Hall–Kier alpha value is -0.800. The lowest BCUT2D eigenvalue weighted by Gasteiger charge is -2.21. The minimum atomic E-state index is -0.375. The molecule has 0 saturated heterocycles. The molecule has 0 saturated carbocycles. The number of benzene rings is 2. The lowest BCUT2D eigenvalue weighted by atomic mass is 9.98. The van der Waals surface area contributed by atoms with E-state index >= 15 is 0 Å². The molecule has 106 valence electrons. The fraction of sp³-hybridized carbons (Fsp3) is 0.200. The summed E-state index contributed by atoms with van der Waals surface area (Å²) in [6, 6.07) is 9.56. The zero-order chi connectivity index (χ0) is 14.7. The van der Waals surface area contributed by atoms with Crippen LogP contribution in [-0.4, -0.2) is 6.54 Å². The summed E-state index contributed by atoms with van der Waals surface area (Å²) in [6.45, 7) is 2.61. The van der Waals surface area contributed by atoms with Crippen LogP contribution in [0.4, 0.5) is 4.39 Å². The maximum absolute atomic E-state index is 14.1. The molecule has 2 aromatic rings. The quantitative estimate of drug-likeness (QED) is 0.781. The molecule has 0 aliphatic heterocycles. The number of rotatable bonds is 4. The molecule has 0 amide bonds. The SMILES string of the molecule is CCNC(c1ccc(Cl)cc1F)c1cccc(Cl)c1Cl. The van der Waals surface area contributed by atoms with Gasteiger partial charge in [-0.15, -0.1) is 0 Å². The van der Waals surface area contributed by atoms with E-state index in [1.807, 2.05) is 13.0 Å². The highest BCUT2D eigenvalue weighted by Crippen LogP contribution is 2.34. The molecule has 2 rings (SSSR count). The Morgan fingerprint density at radius 3 is 2.50 bits per heavy atom. The van der Waals surface area contributed by atoms with Crippen molar-refractivity contribution in [1.82, 2.24) is 5.32 Å². The van der Waals surface area contributed by atoms with Crippen LogP contribution in [0.15, 0.2) is 36.4 Å². The number of nitrogens with one attached hydrogen (secondary N) is 1. The molecule has 0 fully saturated rings. The Bertz CT molecular complexity index is 616. The van der Waals surface area contributed by atoms with Gasteiger partial charge in [0.2, 0.25) is 0 Å². The van der Waals surface area contributed by atoms with Crippen LogP contribution in [-0.2, 0) is 0 Å². The predicted molar refractivity (Wildman–Crippen MR) is 83.4 cm³/mol. The minimum absolute atomic E-state index is 0.360.